The minimum atomic E-state index is -0.284. The van der Waals surface area contributed by atoms with Gasteiger partial charge in [-0.15, -0.1) is 0 Å². The van der Waals surface area contributed by atoms with E-state index >= 15 is 0 Å². The summed E-state index contributed by atoms with van der Waals surface area (Å²) in [6.45, 7) is 2.14. The second kappa shape index (κ2) is 6.96. The Morgan fingerprint density at radius 2 is 2.04 bits per heavy atom. The first kappa shape index (κ1) is 16.9. The fourth-order valence-corrected chi connectivity index (χ4v) is 4.85. The molecule has 4 N–H and O–H groups in total. The quantitative estimate of drug-likeness (QED) is 0.582. The first-order valence-corrected chi connectivity index (χ1v) is 9.61. The molecule has 0 amide bonds. The molecule has 2 aliphatic carbocycles. The van der Waals surface area contributed by atoms with E-state index in [1.807, 2.05) is 0 Å². The molecule has 1 saturated heterocycles. The van der Waals surface area contributed by atoms with Crippen LogP contribution in [0.3, 0.4) is 0 Å². The molecule has 0 aromatic heterocycles. The molecular weight excluding hydrogens is 314 g/mol. The van der Waals surface area contributed by atoms with Gasteiger partial charge in [0.05, 0.1) is 6.10 Å². The fourth-order valence-electron chi connectivity index (χ4n) is 4.85. The van der Waals surface area contributed by atoms with Crippen LogP contribution in [0.5, 0.6) is 0 Å². The van der Waals surface area contributed by atoms with E-state index in [0.717, 1.165) is 51.0 Å². The number of rotatable bonds is 3. The lowest BCUT2D eigenvalue weighted by molar-refractivity contribution is -0.0548. The summed E-state index contributed by atoms with van der Waals surface area (Å²) in [4.78, 5) is 4.52. The minimum Gasteiger partial charge on any atom is -0.392 e. The summed E-state index contributed by atoms with van der Waals surface area (Å²) in [5.74, 6) is 0.650. The van der Waals surface area contributed by atoms with Gasteiger partial charge in [-0.05, 0) is 68.2 Å². The predicted octanol–water partition coefficient (Wildman–Crippen LogP) is 2.47. The number of nitrogens with one attached hydrogen (secondary N) is 1. The van der Waals surface area contributed by atoms with Crippen LogP contribution in [0.1, 0.15) is 43.2 Å². The standard InChI is InChI=1S/C20H29N3O2/c21-19(23-17-5-4-14-2-1-3-15(14)12-17)22-13-16-6-7-20(18(16)24)8-10-25-11-9-20/h4-5,12,16,18,24H,1-3,6-11,13H2,(H3,21,22,23). The zero-order chi connectivity index (χ0) is 17.3. The van der Waals surface area contributed by atoms with Crippen LogP contribution < -0.4 is 11.1 Å². The van der Waals surface area contributed by atoms with Gasteiger partial charge in [0, 0.05) is 36.8 Å². The summed E-state index contributed by atoms with van der Waals surface area (Å²) in [5, 5.41) is 14.0. The summed E-state index contributed by atoms with van der Waals surface area (Å²) in [6, 6.07) is 6.45. The van der Waals surface area contributed by atoms with Gasteiger partial charge >= 0.3 is 0 Å². The number of fused-ring (bicyclic) bond motifs is 1. The molecule has 2 atom stereocenters. The molecule has 25 heavy (non-hydrogen) atoms. The van der Waals surface area contributed by atoms with Crippen LogP contribution >= 0.6 is 0 Å². The molecule has 3 aliphatic rings. The molecule has 1 saturated carbocycles. The molecule has 1 heterocycles. The van der Waals surface area contributed by atoms with Gasteiger partial charge in [-0.25, -0.2) is 0 Å². The third-order valence-electron chi connectivity index (χ3n) is 6.44. The Bertz CT molecular complexity index is 652. The van der Waals surface area contributed by atoms with Gasteiger partial charge in [-0.2, -0.15) is 0 Å². The number of aliphatic imine (C=N–C) groups is 1. The van der Waals surface area contributed by atoms with E-state index in [4.69, 9.17) is 10.5 Å². The van der Waals surface area contributed by atoms with Crippen molar-refractivity contribution in [1.82, 2.24) is 0 Å². The molecule has 5 heteroatoms. The van der Waals surface area contributed by atoms with Crippen molar-refractivity contribution < 1.29 is 9.84 Å². The van der Waals surface area contributed by atoms with Gasteiger partial charge in [0.15, 0.2) is 5.96 Å². The highest BCUT2D eigenvalue weighted by molar-refractivity contribution is 5.92. The molecule has 2 fully saturated rings. The van der Waals surface area contributed by atoms with Crippen LogP contribution in [0, 0.1) is 11.3 Å². The smallest absolute Gasteiger partial charge is 0.193 e. The van der Waals surface area contributed by atoms with Gasteiger partial charge in [0.25, 0.3) is 0 Å². The predicted molar refractivity (Wildman–Crippen MR) is 99.8 cm³/mol. The number of aliphatic hydroxyl groups excluding tert-OH is 1. The summed E-state index contributed by atoms with van der Waals surface area (Å²) >= 11 is 0. The van der Waals surface area contributed by atoms with E-state index < -0.39 is 0 Å². The van der Waals surface area contributed by atoms with E-state index in [1.54, 1.807) is 0 Å². The number of nitrogens with zero attached hydrogens (tertiary/aromatic N) is 1. The van der Waals surface area contributed by atoms with Crippen LogP contribution in [0.15, 0.2) is 23.2 Å². The highest BCUT2D eigenvalue weighted by atomic mass is 16.5. The topological polar surface area (TPSA) is 79.9 Å². The Morgan fingerprint density at radius 1 is 1.24 bits per heavy atom. The number of guanidine groups is 1. The van der Waals surface area contributed by atoms with Crippen molar-refractivity contribution in [2.75, 3.05) is 25.1 Å². The second-order valence-electron chi connectivity index (χ2n) is 7.91. The number of aryl methyl sites for hydroxylation is 2. The van der Waals surface area contributed by atoms with Crippen molar-refractivity contribution in [2.24, 2.45) is 22.1 Å². The molecule has 5 nitrogen and oxygen atoms in total. The number of anilines is 1. The maximum Gasteiger partial charge on any atom is 0.193 e. The van der Waals surface area contributed by atoms with Crippen LogP contribution in [0.2, 0.25) is 0 Å². The van der Waals surface area contributed by atoms with Gasteiger partial charge in [0.2, 0.25) is 0 Å². The Morgan fingerprint density at radius 3 is 2.88 bits per heavy atom. The zero-order valence-corrected chi connectivity index (χ0v) is 14.8. The lowest BCUT2D eigenvalue weighted by Crippen LogP contribution is -2.39. The van der Waals surface area contributed by atoms with Crippen molar-refractivity contribution in [1.29, 1.82) is 0 Å². The Kier molecular flexibility index (Phi) is 4.69. The molecular formula is C20H29N3O2. The lowest BCUT2D eigenvalue weighted by Gasteiger charge is -2.37. The minimum absolute atomic E-state index is 0.0562. The molecule has 1 spiro atoms. The lowest BCUT2D eigenvalue weighted by atomic mass is 9.76. The van der Waals surface area contributed by atoms with Crippen molar-refractivity contribution in [2.45, 2.75) is 51.0 Å². The van der Waals surface area contributed by atoms with Gasteiger partial charge in [-0.3, -0.25) is 4.99 Å². The Hall–Kier alpha value is -1.59. The third-order valence-corrected chi connectivity index (χ3v) is 6.44. The molecule has 0 radical (unpaired) electrons. The van der Waals surface area contributed by atoms with Crippen molar-refractivity contribution in [3.05, 3.63) is 29.3 Å². The van der Waals surface area contributed by atoms with Crippen molar-refractivity contribution in [3.8, 4) is 0 Å². The zero-order valence-electron chi connectivity index (χ0n) is 14.8. The number of ether oxygens (including phenoxy) is 1. The van der Waals surface area contributed by atoms with Crippen LogP contribution in [0.4, 0.5) is 5.69 Å². The average molecular weight is 343 g/mol. The van der Waals surface area contributed by atoms with E-state index in [0.29, 0.717) is 12.5 Å². The molecule has 4 rings (SSSR count). The van der Waals surface area contributed by atoms with Gasteiger partial charge in [-0.1, -0.05) is 6.07 Å². The Balaban J connectivity index is 1.35. The van der Waals surface area contributed by atoms with E-state index in [2.05, 4.69) is 28.5 Å². The number of aliphatic hydroxyl groups is 1. The van der Waals surface area contributed by atoms with Crippen LogP contribution in [0.25, 0.3) is 0 Å². The number of nitrogens with two attached hydrogens (primary N) is 1. The number of hydrogen-bond donors (Lipinski definition) is 3. The summed E-state index contributed by atoms with van der Waals surface area (Å²) in [5.41, 5.74) is 10.0. The molecule has 2 unspecified atom stereocenters. The van der Waals surface area contributed by atoms with Crippen molar-refractivity contribution >= 4 is 11.6 Å². The highest BCUT2D eigenvalue weighted by Gasteiger charge is 2.47. The maximum absolute atomic E-state index is 10.8. The van der Waals surface area contributed by atoms with E-state index in [1.165, 1.54) is 24.0 Å². The SMILES string of the molecule is NC(=NCC1CCC2(CCOCC2)C1O)Nc1ccc2c(c1)CCC2. The van der Waals surface area contributed by atoms with Crippen LogP contribution in [-0.2, 0) is 17.6 Å². The van der Waals surface area contributed by atoms with Crippen LogP contribution in [-0.4, -0.2) is 36.9 Å². The first-order chi connectivity index (χ1) is 12.2. The van der Waals surface area contributed by atoms with Gasteiger partial charge < -0.3 is 20.9 Å². The average Bonchev–Trinajstić information content (AvgIpc) is 3.20. The fraction of sp³-hybridized carbons (Fsp3) is 0.650. The first-order valence-electron chi connectivity index (χ1n) is 9.61. The monoisotopic (exact) mass is 343 g/mol. The van der Waals surface area contributed by atoms with Gasteiger partial charge in [0.1, 0.15) is 0 Å². The highest BCUT2D eigenvalue weighted by Crippen LogP contribution is 2.48. The third kappa shape index (κ3) is 3.40. The molecule has 136 valence electrons. The second-order valence-corrected chi connectivity index (χ2v) is 7.91. The summed E-state index contributed by atoms with van der Waals surface area (Å²) < 4.78 is 5.47. The van der Waals surface area contributed by atoms with Crippen molar-refractivity contribution in [3.63, 3.8) is 0 Å². The molecule has 1 aromatic carbocycles. The number of benzene rings is 1. The largest absolute Gasteiger partial charge is 0.392 e. The van der Waals surface area contributed by atoms with E-state index in [9.17, 15) is 5.11 Å². The molecule has 1 aromatic rings. The molecule has 1 aliphatic heterocycles. The normalized spacial score (nSPS) is 28.3. The number of hydrogen-bond acceptors (Lipinski definition) is 3. The summed E-state index contributed by atoms with van der Waals surface area (Å²) in [6.07, 6.45) is 7.34. The Labute approximate surface area is 149 Å². The summed E-state index contributed by atoms with van der Waals surface area (Å²) in [7, 11) is 0. The van der Waals surface area contributed by atoms with E-state index in [-0.39, 0.29) is 17.4 Å². The molecule has 0 bridgehead atoms. The maximum atomic E-state index is 10.8.